The van der Waals surface area contributed by atoms with Crippen LogP contribution in [0.4, 0.5) is 0 Å². The van der Waals surface area contributed by atoms with Gasteiger partial charge in [0.1, 0.15) is 0 Å². The highest BCUT2D eigenvalue weighted by atomic mass is 16.1. The molecule has 0 spiro atoms. The fourth-order valence-electron chi connectivity index (χ4n) is 2.81. The highest BCUT2D eigenvalue weighted by Gasteiger charge is 2.20. The quantitative estimate of drug-likeness (QED) is 0.327. The summed E-state index contributed by atoms with van der Waals surface area (Å²) in [7, 11) is 0. The second kappa shape index (κ2) is 8.72. The first-order valence-electron chi connectivity index (χ1n) is 8.79. The van der Waals surface area contributed by atoms with Crippen LogP contribution in [0.1, 0.15) is 28.4 Å². The molecular weight excluding hydrogens is 332 g/mol. The first-order chi connectivity index (χ1) is 13.1. The molecule has 0 fully saturated rings. The molecule has 0 N–H and O–H groups in total. The summed E-state index contributed by atoms with van der Waals surface area (Å²) in [6.07, 6.45) is 3.56. The van der Waals surface area contributed by atoms with Gasteiger partial charge in [-0.1, -0.05) is 91.0 Å². The number of hydrogen-bond acceptors (Lipinski definition) is 2. The first-order valence-corrected chi connectivity index (χ1v) is 8.79. The molecule has 3 rings (SSSR count). The molecule has 0 atom stereocenters. The summed E-state index contributed by atoms with van der Waals surface area (Å²) < 4.78 is 0. The summed E-state index contributed by atoms with van der Waals surface area (Å²) in [5.41, 5.74) is 3.10. The van der Waals surface area contributed by atoms with E-state index < -0.39 is 0 Å². The maximum Gasteiger partial charge on any atom is 0.193 e. The highest BCUT2D eigenvalue weighted by molar-refractivity contribution is 6.22. The van der Waals surface area contributed by atoms with Crippen LogP contribution >= 0.6 is 0 Å². The average Bonchev–Trinajstić information content (AvgIpc) is 2.72. The van der Waals surface area contributed by atoms with Crippen molar-refractivity contribution in [1.82, 2.24) is 0 Å². The Morgan fingerprint density at radius 2 is 1.00 bits per heavy atom. The van der Waals surface area contributed by atoms with Crippen LogP contribution in [-0.2, 0) is 4.79 Å². The normalized spacial score (nSPS) is 11.9. The van der Waals surface area contributed by atoms with Gasteiger partial charge in [-0.25, -0.2) is 0 Å². The van der Waals surface area contributed by atoms with E-state index in [-0.39, 0.29) is 11.6 Å². The molecule has 0 bridgehead atoms. The average molecular weight is 352 g/mol. The van der Waals surface area contributed by atoms with Crippen molar-refractivity contribution in [2.45, 2.75) is 6.92 Å². The number of carbonyl (C=O) groups excluding carboxylic acids is 2. The maximum absolute atomic E-state index is 13.2. The molecule has 3 aromatic carbocycles. The lowest BCUT2D eigenvalue weighted by Crippen LogP contribution is -2.11. The predicted octanol–water partition coefficient (Wildman–Crippen LogP) is 5.63. The minimum Gasteiger partial charge on any atom is -0.294 e. The van der Waals surface area contributed by atoms with Gasteiger partial charge in [0.15, 0.2) is 11.6 Å². The second-order valence-electron chi connectivity index (χ2n) is 6.19. The number of Topliss-reactive ketones (excluding diaryl/α,β-unsaturated/α-hetero) is 2. The molecule has 0 amide bonds. The standard InChI is InChI=1S/C25H20O2/c1-19(26)23(17-20-11-5-2-6-12-20)24(18-21-13-7-3-8-14-21)25(27)22-15-9-4-10-16-22/h2-18H,1H3. The lowest BCUT2D eigenvalue weighted by Gasteiger charge is -2.10. The Balaban J connectivity index is 2.15. The molecule has 0 radical (unpaired) electrons. The minimum atomic E-state index is -0.170. The Bertz CT molecular complexity index is 982. The van der Waals surface area contributed by atoms with E-state index >= 15 is 0 Å². The number of benzene rings is 3. The number of hydrogen-bond donors (Lipinski definition) is 0. The zero-order valence-corrected chi connectivity index (χ0v) is 15.1. The fourth-order valence-corrected chi connectivity index (χ4v) is 2.81. The number of allylic oxidation sites excluding steroid dienone is 2. The third kappa shape index (κ3) is 4.77. The monoisotopic (exact) mass is 352 g/mol. The smallest absolute Gasteiger partial charge is 0.193 e. The maximum atomic E-state index is 13.2. The Hall–Kier alpha value is -3.52. The van der Waals surface area contributed by atoms with Crippen molar-refractivity contribution in [1.29, 1.82) is 0 Å². The zero-order valence-electron chi connectivity index (χ0n) is 15.1. The van der Waals surface area contributed by atoms with Crippen molar-refractivity contribution >= 4 is 23.7 Å². The lowest BCUT2D eigenvalue weighted by atomic mass is 9.91. The summed E-state index contributed by atoms with van der Waals surface area (Å²) in [5, 5.41) is 0. The summed E-state index contributed by atoms with van der Waals surface area (Å²) in [6.45, 7) is 1.49. The van der Waals surface area contributed by atoms with Crippen LogP contribution < -0.4 is 0 Å². The van der Waals surface area contributed by atoms with E-state index in [0.29, 0.717) is 16.7 Å². The highest BCUT2D eigenvalue weighted by Crippen LogP contribution is 2.23. The van der Waals surface area contributed by atoms with Crippen LogP contribution in [0.25, 0.3) is 12.2 Å². The number of carbonyl (C=O) groups is 2. The molecule has 0 aromatic heterocycles. The van der Waals surface area contributed by atoms with Crippen molar-refractivity contribution in [3.63, 3.8) is 0 Å². The van der Waals surface area contributed by atoms with Crippen molar-refractivity contribution in [2.75, 3.05) is 0 Å². The van der Waals surface area contributed by atoms with E-state index in [9.17, 15) is 9.59 Å². The first kappa shape index (κ1) is 18.3. The molecule has 3 aromatic rings. The van der Waals surface area contributed by atoms with Gasteiger partial charge in [0.25, 0.3) is 0 Å². The van der Waals surface area contributed by atoms with Gasteiger partial charge < -0.3 is 0 Å². The van der Waals surface area contributed by atoms with Crippen LogP contribution in [-0.4, -0.2) is 11.6 Å². The molecule has 0 aliphatic rings. The van der Waals surface area contributed by atoms with Crippen molar-refractivity contribution < 1.29 is 9.59 Å². The van der Waals surface area contributed by atoms with E-state index in [4.69, 9.17) is 0 Å². The van der Waals surface area contributed by atoms with Crippen LogP contribution in [0.15, 0.2) is 102 Å². The van der Waals surface area contributed by atoms with Gasteiger partial charge in [-0.3, -0.25) is 9.59 Å². The van der Waals surface area contributed by atoms with Crippen molar-refractivity contribution in [3.8, 4) is 0 Å². The molecule has 0 saturated carbocycles. The van der Waals surface area contributed by atoms with E-state index in [0.717, 1.165) is 11.1 Å². The van der Waals surface area contributed by atoms with Gasteiger partial charge in [-0.15, -0.1) is 0 Å². The van der Waals surface area contributed by atoms with Gasteiger partial charge in [-0.2, -0.15) is 0 Å². The Morgan fingerprint density at radius 1 is 0.593 bits per heavy atom. The molecule has 27 heavy (non-hydrogen) atoms. The van der Waals surface area contributed by atoms with E-state index in [1.54, 1.807) is 24.3 Å². The van der Waals surface area contributed by atoms with Crippen molar-refractivity contribution in [3.05, 3.63) is 119 Å². The largest absolute Gasteiger partial charge is 0.294 e. The second-order valence-corrected chi connectivity index (χ2v) is 6.19. The van der Waals surface area contributed by atoms with Crippen molar-refractivity contribution in [2.24, 2.45) is 0 Å². The van der Waals surface area contributed by atoms with Crippen LogP contribution in [0.2, 0.25) is 0 Å². The predicted molar refractivity (Wildman–Crippen MR) is 110 cm³/mol. The third-order valence-electron chi connectivity index (χ3n) is 4.17. The van der Waals surface area contributed by atoms with Gasteiger partial charge in [-0.05, 0) is 30.2 Å². The summed E-state index contributed by atoms with van der Waals surface area (Å²) in [6, 6.07) is 28.2. The van der Waals surface area contributed by atoms with Gasteiger partial charge in [0.2, 0.25) is 0 Å². The molecule has 132 valence electrons. The molecule has 2 nitrogen and oxygen atoms in total. The summed E-state index contributed by atoms with van der Waals surface area (Å²) in [4.78, 5) is 25.7. The zero-order chi connectivity index (χ0) is 19.1. The molecular formula is C25H20O2. The van der Waals surface area contributed by atoms with E-state index in [2.05, 4.69) is 0 Å². The summed E-state index contributed by atoms with van der Waals surface area (Å²) >= 11 is 0. The molecule has 0 unspecified atom stereocenters. The fraction of sp³-hybridized carbons (Fsp3) is 0.0400. The molecule has 0 aliphatic carbocycles. The van der Waals surface area contributed by atoms with Gasteiger partial charge in [0.05, 0.1) is 0 Å². The molecule has 0 heterocycles. The summed E-state index contributed by atoms with van der Waals surface area (Å²) in [5.74, 6) is -0.317. The SMILES string of the molecule is CC(=O)C(=Cc1ccccc1)C(=Cc1ccccc1)C(=O)c1ccccc1. The Kier molecular flexibility index (Phi) is 5.91. The molecule has 0 saturated heterocycles. The van der Waals surface area contributed by atoms with Crippen LogP contribution in [0.3, 0.4) is 0 Å². The van der Waals surface area contributed by atoms with Crippen LogP contribution in [0, 0.1) is 0 Å². The lowest BCUT2D eigenvalue weighted by molar-refractivity contribution is -0.113. The van der Waals surface area contributed by atoms with Crippen LogP contribution in [0.5, 0.6) is 0 Å². The van der Waals surface area contributed by atoms with Gasteiger partial charge >= 0.3 is 0 Å². The van der Waals surface area contributed by atoms with E-state index in [1.165, 1.54) is 6.92 Å². The number of ketones is 2. The Morgan fingerprint density at radius 3 is 1.44 bits per heavy atom. The molecule has 2 heteroatoms. The number of rotatable bonds is 6. The molecule has 0 aliphatic heterocycles. The Labute approximate surface area is 159 Å². The van der Waals surface area contributed by atoms with E-state index in [1.807, 2.05) is 78.9 Å². The third-order valence-corrected chi connectivity index (χ3v) is 4.17. The van der Waals surface area contributed by atoms with Gasteiger partial charge in [0, 0.05) is 16.7 Å². The minimum absolute atomic E-state index is 0.148. The topological polar surface area (TPSA) is 34.1 Å².